The van der Waals surface area contributed by atoms with E-state index in [9.17, 15) is 0 Å². The lowest BCUT2D eigenvalue weighted by Gasteiger charge is -2.12. The lowest BCUT2D eigenvalue weighted by atomic mass is 10.2. The van der Waals surface area contributed by atoms with Gasteiger partial charge in [0, 0.05) is 20.4 Å². The molecule has 1 unspecified atom stereocenters. The molecule has 2 rings (SSSR count). The Kier molecular flexibility index (Phi) is 3.61. The monoisotopic (exact) mass is 296 g/mol. The Morgan fingerprint density at radius 2 is 2.12 bits per heavy atom. The molecule has 1 atom stereocenters. The summed E-state index contributed by atoms with van der Waals surface area (Å²) >= 11 is 5.19. The predicted molar refractivity (Wildman–Crippen MR) is 73.0 cm³/mol. The third-order valence-electron chi connectivity index (χ3n) is 2.28. The Morgan fingerprint density at radius 3 is 2.69 bits per heavy atom. The zero-order valence-electron chi connectivity index (χ0n) is 9.20. The van der Waals surface area contributed by atoms with Crippen LogP contribution >= 0.6 is 27.3 Å². The first-order valence-electron chi connectivity index (χ1n) is 5.09. The highest BCUT2D eigenvalue weighted by atomic mass is 79.9. The summed E-state index contributed by atoms with van der Waals surface area (Å²) in [5.41, 5.74) is 0. The Bertz CT molecular complexity index is 464. The van der Waals surface area contributed by atoms with Gasteiger partial charge in [-0.25, -0.2) is 4.98 Å². The molecule has 0 spiro atoms. The van der Waals surface area contributed by atoms with Crippen LogP contribution in [0.5, 0.6) is 0 Å². The van der Waals surface area contributed by atoms with E-state index in [4.69, 9.17) is 0 Å². The quantitative estimate of drug-likeness (QED) is 0.909. The number of aryl methyl sites for hydroxylation is 1. The van der Waals surface area contributed by atoms with Gasteiger partial charge in [0.15, 0.2) is 0 Å². The molecule has 2 aromatic rings. The summed E-state index contributed by atoms with van der Waals surface area (Å²) < 4.78 is 0.998. The molecule has 0 saturated heterocycles. The van der Waals surface area contributed by atoms with Gasteiger partial charge in [-0.1, -0.05) is 0 Å². The molecule has 84 valence electrons. The maximum absolute atomic E-state index is 4.30. The Labute approximate surface area is 108 Å². The van der Waals surface area contributed by atoms with Crippen LogP contribution in [0.1, 0.15) is 22.7 Å². The number of hydrogen-bond acceptors (Lipinski definition) is 3. The average Bonchev–Trinajstić information content (AvgIpc) is 2.68. The molecule has 2 heterocycles. The van der Waals surface area contributed by atoms with Gasteiger partial charge in [0.05, 0.1) is 6.04 Å². The summed E-state index contributed by atoms with van der Waals surface area (Å²) in [6.45, 7) is 4.27. The van der Waals surface area contributed by atoms with E-state index in [2.05, 4.69) is 52.2 Å². The minimum atomic E-state index is 0.298. The number of nitrogens with zero attached hydrogens (tertiary/aromatic N) is 1. The summed E-state index contributed by atoms with van der Waals surface area (Å²) in [7, 11) is 0. The van der Waals surface area contributed by atoms with Crippen molar-refractivity contribution >= 4 is 33.1 Å². The van der Waals surface area contributed by atoms with Crippen molar-refractivity contribution < 1.29 is 0 Å². The summed E-state index contributed by atoms with van der Waals surface area (Å²) in [5.74, 6) is 0.904. The zero-order valence-corrected chi connectivity index (χ0v) is 11.6. The highest BCUT2D eigenvalue weighted by Crippen LogP contribution is 2.25. The first-order chi connectivity index (χ1) is 7.65. The average molecular weight is 297 g/mol. The van der Waals surface area contributed by atoms with E-state index in [-0.39, 0.29) is 0 Å². The molecule has 0 aliphatic rings. The second kappa shape index (κ2) is 4.97. The summed E-state index contributed by atoms with van der Waals surface area (Å²) in [5, 5.41) is 3.38. The Hall–Kier alpha value is -0.870. The number of pyridine rings is 1. The smallest absolute Gasteiger partial charge is 0.126 e. The molecule has 0 saturated carbocycles. The SMILES string of the molecule is Cc1ccc(C(C)Nc2ccc(Br)cn2)s1. The van der Waals surface area contributed by atoms with E-state index in [0.29, 0.717) is 6.04 Å². The van der Waals surface area contributed by atoms with Crippen molar-refractivity contribution in [1.29, 1.82) is 0 Å². The van der Waals surface area contributed by atoms with Gasteiger partial charge in [-0.05, 0) is 54.0 Å². The van der Waals surface area contributed by atoms with Crippen molar-refractivity contribution in [1.82, 2.24) is 4.98 Å². The van der Waals surface area contributed by atoms with Crippen LogP contribution in [0.3, 0.4) is 0 Å². The number of rotatable bonds is 3. The fraction of sp³-hybridized carbons (Fsp3) is 0.250. The third-order valence-corrected chi connectivity index (χ3v) is 3.93. The number of anilines is 1. The lowest BCUT2D eigenvalue weighted by molar-refractivity contribution is 0.896. The summed E-state index contributed by atoms with van der Waals surface area (Å²) in [4.78, 5) is 6.97. The second-order valence-corrected chi connectivity index (χ2v) is 5.91. The molecule has 0 fully saturated rings. The van der Waals surface area contributed by atoms with E-state index in [0.717, 1.165) is 10.3 Å². The molecule has 16 heavy (non-hydrogen) atoms. The van der Waals surface area contributed by atoms with Crippen molar-refractivity contribution in [2.45, 2.75) is 19.9 Å². The summed E-state index contributed by atoms with van der Waals surface area (Å²) in [6, 6.07) is 8.57. The number of halogens is 1. The highest BCUT2D eigenvalue weighted by Gasteiger charge is 2.07. The molecular formula is C12H13BrN2S. The fourth-order valence-corrected chi connectivity index (χ4v) is 2.55. The van der Waals surface area contributed by atoms with Crippen LogP contribution in [0, 0.1) is 6.92 Å². The molecule has 0 aliphatic heterocycles. The number of thiophene rings is 1. The Balaban J connectivity index is 2.07. The highest BCUT2D eigenvalue weighted by molar-refractivity contribution is 9.10. The lowest BCUT2D eigenvalue weighted by Crippen LogP contribution is -2.05. The summed E-state index contributed by atoms with van der Waals surface area (Å²) in [6.07, 6.45) is 1.80. The predicted octanol–water partition coefficient (Wildman–Crippen LogP) is 4.39. The molecule has 0 amide bonds. The number of hydrogen-bond donors (Lipinski definition) is 1. The van der Waals surface area contributed by atoms with E-state index in [1.54, 1.807) is 6.20 Å². The largest absolute Gasteiger partial charge is 0.363 e. The first-order valence-corrected chi connectivity index (χ1v) is 6.70. The third kappa shape index (κ3) is 2.83. The van der Waals surface area contributed by atoms with Gasteiger partial charge in [0.25, 0.3) is 0 Å². The van der Waals surface area contributed by atoms with Gasteiger partial charge in [0.1, 0.15) is 5.82 Å². The van der Waals surface area contributed by atoms with Gasteiger partial charge in [-0.3, -0.25) is 0 Å². The topological polar surface area (TPSA) is 24.9 Å². The van der Waals surface area contributed by atoms with Crippen LogP contribution < -0.4 is 5.32 Å². The van der Waals surface area contributed by atoms with Crippen molar-refractivity contribution in [3.8, 4) is 0 Å². The van der Waals surface area contributed by atoms with Crippen LogP contribution in [0.2, 0.25) is 0 Å². The van der Waals surface area contributed by atoms with Crippen molar-refractivity contribution in [3.63, 3.8) is 0 Å². The van der Waals surface area contributed by atoms with Crippen LogP contribution in [0.4, 0.5) is 5.82 Å². The van der Waals surface area contributed by atoms with Gasteiger partial charge in [-0.15, -0.1) is 11.3 Å². The van der Waals surface area contributed by atoms with Crippen LogP contribution in [0.15, 0.2) is 34.9 Å². The molecule has 0 radical (unpaired) electrons. The molecule has 1 N–H and O–H groups in total. The number of nitrogens with one attached hydrogen (secondary N) is 1. The fourth-order valence-electron chi connectivity index (χ4n) is 1.44. The minimum absolute atomic E-state index is 0.298. The van der Waals surface area contributed by atoms with Gasteiger partial charge in [0.2, 0.25) is 0 Å². The van der Waals surface area contributed by atoms with E-state index in [1.165, 1.54) is 9.75 Å². The van der Waals surface area contributed by atoms with Gasteiger partial charge >= 0.3 is 0 Å². The van der Waals surface area contributed by atoms with Crippen LogP contribution in [0.25, 0.3) is 0 Å². The van der Waals surface area contributed by atoms with E-state index < -0.39 is 0 Å². The second-order valence-electron chi connectivity index (χ2n) is 3.68. The van der Waals surface area contributed by atoms with Crippen LogP contribution in [-0.4, -0.2) is 4.98 Å². The van der Waals surface area contributed by atoms with Crippen molar-refractivity contribution in [3.05, 3.63) is 44.7 Å². The zero-order chi connectivity index (χ0) is 11.5. The molecular weight excluding hydrogens is 284 g/mol. The molecule has 4 heteroatoms. The molecule has 0 aliphatic carbocycles. The number of aromatic nitrogens is 1. The van der Waals surface area contributed by atoms with Crippen LogP contribution in [-0.2, 0) is 0 Å². The normalized spacial score (nSPS) is 12.4. The molecule has 2 aromatic heterocycles. The maximum Gasteiger partial charge on any atom is 0.126 e. The van der Waals surface area contributed by atoms with E-state index >= 15 is 0 Å². The maximum atomic E-state index is 4.30. The minimum Gasteiger partial charge on any atom is -0.363 e. The van der Waals surface area contributed by atoms with E-state index in [1.807, 2.05) is 23.5 Å². The molecule has 2 nitrogen and oxygen atoms in total. The Morgan fingerprint density at radius 1 is 1.31 bits per heavy atom. The molecule has 0 bridgehead atoms. The van der Waals surface area contributed by atoms with Crippen molar-refractivity contribution in [2.75, 3.05) is 5.32 Å². The van der Waals surface area contributed by atoms with Gasteiger partial charge in [-0.2, -0.15) is 0 Å². The van der Waals surface area contributed by atoms with Gasteiger partial charge < -0.3 is 5.32 Å². The first kappa shape index (κ1) is 11.6. The van der Waals surface area contributed by atoms with Crippen molar-refractivity contribution in [2.24, 2.45) is 0 Å². The molecule has 0 aromatic carbocycles. The standard InChI is InChI=1S/C12H13BrN2S/c1-8-3-5-11(16-8)9(2)15-12-6-4-10(13)7-14-12/h3-7,9H,1-2H3,(H,14,15).